The normalized spacial score (nSPS) is 26.0. The van der Waals surface area contributed by atoms with E-state index in [1.165, 1.54) is 19.3 Å². The second-order valence-corrected chi connectivity index (χ2v) is 3.88. The molecule has 0 aromatic rings. The minimum absolute atomic E-state index is 0.0972. The molecule has 0 aromatic heterocycles. The second-order valence-electron chi connectivity index (χ2n) is 3.88. The summed E-state index contributed by atoms with van der Waals surface area (Å²) in [5, 5.41) is 0. The Hall–Kier alpha value is -0.370. The summed E-state index contributed by atoms with van der Waals surface area (Å²) in [5.41, 5.74) is 5.81. The molecule has 0 heterocycles. The van der Waals surface area contributed by atoms with E-state index in [0.29, 0.717) is 0 Å². The maximum atomic E-state index is 10.5. The monoisotopic (exact) mass is 155 g/mol. The van der Waals surface area contributed by atoms with Crippen LogP contribution in [-0.2, 0) is 4.79 Å². The Bertz CT molecular complexity index is 138. The van der Waals surface area contributed by atoms with Crippen molar-refractivity contribution in [1.82, 2.24) is 0 Å². The molecule has 1 fully saturated rings. The molecule has 1 aliphatic rings. The standard InChI is InChI=1S/C9H17NO/c1-9(8(10)7-11)5-3-2-4-6-9/h7-8H,2-6,10H2,1H3/t8-/m1/s1. The molecule has 2 N–H and O–H groups in total. The summed E-state index contributed by atoms with van der Waals surface area (Å²) in [5.74, 6) is 0. The molecule has 64 valence electrons. The van der Waals surface area contributed by atoms with Crippen molar-refractivity contribution in [3.05, 3.63) is 0 Å². The zero-order valence-electron chi connectivity index (χ0n) is 7.18. The first-order valence-corrected chi connectivity index (χ1v) is 4.40. The lowest BCUT2D eigenvalue weighted by molar-refractivity contribution is -0.111. The van der Waals surface area contributed by atoms with E-state index in [1.54, 1.807) is 0 Å². The van der Waals surface area contributed by atoms with E-state index in [9.17, 15) is 4.79 Å². The van der Waals surface area contributed by atoms with Gasteiger partial charge in [0.05, 0.1) is 6.04 Å². The minimum atomic E-state index is -0.247. The quantitative estimate of drug-likeness (QED) is 0.614. The number of carbonyl (C=O) groups excluding carboxylic acids is 1. The van der Waals surface area contributed by atoms with Gasteiger partial charge in [-0.3, -0.25) is 0 Å². The van der Waals surface area contributed by atoms with Crippen LogP contribution < -0.4 is 5.73 Å². The highest BCUT2D eigenvalue weighted by Gasteiger charge is 2.32. The van der Waals surface area contributed by atoms with Crippen LogP contribution in [0.3, 0.4) is 0 Å². The molecule has 2 heteroatoms. The molecule has 0 bridgehead atoms. The van der Waals surface area contributed by atoms with Gasteiger partial charge in [-0.05, 0) is 18.3 Å². The molecular weight excluding hydrogens is 138 g/mol. The minimum Gasteiger partial charge on any atom is -0.321 e. The van der Waals surface area contributed by atoms with Gasteiger partial charge in [0.15, 0.2) is 0 Å². The molecule has 11 heavy (non-hydrogen) atoms. The molecule has 0 saturated heterocycles. The fourth-order valence-corrected chi connectivity index (χ4v) is 1.86. The van der Waals surface area contributed by atoms with Gasteiger partial charge in [-0.2, -0.15) is 0 Å². The Morgan fingerprint density at radius 2 is 1.91 bits per heavy atom. The van der Waals surface area contributed by atoms with Gasteiger partial charge in [-0.15, -0.1) is 0 Å². The van der Waals surface area contributed by atoms with Crippen LogP contribution in [0.2, 0.25) is 0 Å². The van der Waals surface area contributed by atoms with Gasteiger partial charge in [-0.25, -0.2) is 0 Å². The lowest BCUT2D eigenvalue weighted by Crippen LogP contribution is -2.42. The molecule has 0 aliphatic heterocycles. The van der Waals surface area contributed by atoms with Gasteiger partial charge in [0.2, 0.25) is 0 Å². The van der Waals surface area contributed by atoms with Gasteiger partial charge >= 0.3 is 0 Å². The summed E-state index contributed by atoms with van der Waals surface area (Å²) < 4.78 is 0. The number of nitrogens with two attached hydrogens (primary N) is 1. The number of hydrogen-bond donors (Lipinski definition) is 1. The van der Waals surface area contributed by atoms with E-state index >= 15 is 0 Å². The summed E-state index contributed by atoms with van der Waals surface area (Å²) in [6.07, 6.45) is 6.91. The average molecular weight is 155 g/mol. The first-order chi connectivity index (χ1) is 5.19. The zero-order valence-corrected chi connectivity index (χ0v) is 7.18. The highest BCUT2D eigenvalue weighted by Crippen LogP contribution is 2.37. The summed E-state index contributed by atoms with van der Waals surface area (Å²) in [7, 11) is 0. The smallest absolute Gasteiger partial charge is 0.137 e. The van der Waals surface area contributed by atoms with Crippen molar-refractivity contribution < 1.29 is 4.79 Å². The van der Waals surface area contributed by atoms with Crippen molar-refractivity contribution in [1.29, 1.82) is 0 Å². The third-order valence-electron chi connectivity index (χ3n) is 2.95. The molecule has 1 rings (SSSR count). The number of aldehydes is 1. The van der Waals surface area contributed by atoms with E-state index in [1.807, 2.05) is 0 Å². The Balaban J connectivity index is 2.55. The lowest BCUT2D eigenvalue weighted by atomic mass is 9.71. The van der Waals surface area contributed by atoms with Gasteiger partial charge in [0.1, 0.15) is 6.29 Å². The predicted octanol–water partition coefficient (Wildman–Crippen LogP) is 1.48. The average Bonchev–Trinajstić information content (AvgIpc) is 2.04. The van der Waals surface area contributed by atoms with Crippen LogP contribution in [0, 0.1) is 5.41 Å². The van der Waals surface area contributed by atoms with Crippen LogP contribution in [0.25, 0.3) is 0 Å². The lowest BCUT2D eigenvalue weighted by Gasteiger charge is -2.36. The Morgan fingerprint density at radius 1 is 1.36 bits per heavy atom. The molecule has 0 amide bonds. The Morgan fingerprint density at radius 3 is 2.36 bits per heavy atom. The highest BCUT2D eigenvalue weighted by atomic mass is 16.1. The summed E-state index contributed by atoms with van der Waals surface area (Å²) in [4.78, 5) is 10.5. The first kappa shape index (κ1) is 8.72. The first-order valence-electron chi connectivity index (χ1n) is 4.40. The SMILES string of the molecule is CC1([C@H](N)C=O)CCCCC1. The van der Waals surface area contributed by atoms with Crippen LogP contribution in [0.1, 0.15) is 39.0 Å². The molecule has 0 radical (unpaired) electrons. The van der Waals surface area contributed by atoms with Gasteiger partial charge in [-0.1, -0.05) is 26.2 Å². The topological polar surface area (TPSA) is 43.1 Å². The molecule has 1 aliphatic carbocycles. The summed E-state index contributed by atoms with van der Waals surface area (Å²) in [6, 6.07) is -0.247. The van der Waals surface area contributed by atoms with Gasteiger partial charge < -0.3 is 10.5 Å². The van der Waals surface area contributed by atoms with E-state index in [-0.39, 0.29) is 11.5 Å². The number of carbonyl (C=O) groups is 1. The number of rotatable bonds is 2. The predicted molar refractivity (Wildman–Crippen MR) is 45.2 cm³/mol. The van der Waals surface area contributed by atoms with Crippen LogP contribution >= 0.6 is 0 Å². The van der Waals surface area contributed by atoms with E-state index in [0.717, 1.165) is 19.1 Å². The van der Waals surface area contributed by atoms with E-state index < -0.39 is 0 Å². The van der Waals surface area contributed by atoms with Crippen molar-refractivity contribution >= 4 is 6.29 Å². The summed E-state index contributed by atoms with van der Waals surface area (Å²) >= 11 is 0. The van der Waals surface area contributed by atoms with Crippen LogP contribution in [-0.4, -0.2) is 12.3 Å². The molecule has 0 spiro atoms. The van der Waals surface area contributed by atoms with Crippen molar-refractivity contribution in [2.24, 2.45) is 11.1 Å². The Labute approximate surface area is 68.2 Å². The molecule has 0 unspecified atom stereocenters. The maximum absolute atomic E-state index is 10.5. The maximum Gasteiger partial charge on any atom is 0.137 e. The molecule has 1 saturated carbocycles. The van der Waals surface area contributed by atoms with Gasteiger partial charge in [0.25, 0.3) is 0 Å². The van der Waals surface area contributed by atoms with E-state index in [4.69, 9.17) is 5.73 Å². The summed E-state index contributed by atoms with van der Waals surface area (Å²) in [6.45, 7) is 2.13. The van der Waals surface area contributed by atoms with Crippen molar-refractivity contribution in [3.8, 4) is 0 Å². The van der Waals surface area contributed by atoms with Crippen LogP contribution in [0.4, 0.5) is 0 Å². The fraction of sp³-hybridized carbons (Fsp3) is 0.889. The largest absolute Gasteiger partial charge is 0.321 e. The molecule has 2 nitrogen and oxygen atoms in total. The van der Waals surface area contributed by atoms with Gasteiger partial charge in [0, 0.05) is 0 Å². The highest BCUT2D eigenvalue weighted by molar-refractivity contribution is 5.58. The van der Waals surface area contributed by atoms with Crippen LogP contribution in [0.5, 0.6) is 0 Å². The third kappa shape index (κ3) is 1.80. The van der Waals surface area contributed by atoms with Crippen molar-refractivity contribution in [2.75, 3.05) is 0 Å². The molecular formula is C9H17NO. The van der Waals surface area contributed by atoms with E-state index in [2.05, 4.69) is 6.92 Å². The second kappa shape index (κ2) is 3.35. The fourth-order valence-electron chi connectivity index (χ4n) is 1.86. The Kier molecular flexibility index (Phi) is 2.66. The molecule has 0 aromatic carbocycles. The third-order valence-corrected chi connectivity index (χ3v) is 2.95. The number of hydrogen-bond acceptors (Lipinski definition) is 2. The van der Waals surface area contributed by atoms with Crippen molar-refractivity contribution in [3.63, 3.8) is 0 Å². The van der Waals surface area contributed by atoms with Crippen molar-refractivity contribution in [2.45, 2.75) is 45.1 Å². The zero-order chi connectivity index (χ0) is 8.32. The van der Waals surface area contributed by atoms with Crippen LogP contribution in [0.15, 0.2) is 0 Å². The molecule has 1 atom stereocenters.